The van der Waals surface area contributed by atoms with Gasteiger partial charge in [0.05, 0.1) is 17.7 Å². The van der Waals surface area contributed by atoms with Crippen LogP contribution in [0.15, 0.2) is 45.5 Å². The highest BCUT2D eigenvalue weighted by atomic mass is 19.4. The summed E-state index contributed by atoms with van der Waals surface area (Å²) in [5, 5.41) is 11.0. The largest absolute Gasteiger partial charge is 0.458 e. The van der Waals surface area contributed by atoms with E-state index < -0.39 is 41.1 Å². The minimum atomic E-state index is -4.96. The maximum atomic E-state index is 13.8. The molecule has 0 aliphatic carbocycles. The van der Waals surface area contributed by atoms with E-state index in [2.05, 4.69) is 15.0 Å². The maximum absolute atomic E-state index is 13.8. The molecule has 1 amide bonds. The fourth-order valence-corrected chi connectivity index (χ4v) is 4.17. The Labute approximate surface area is 191 Å². The molecule has 178 valence electrons. The predicted molar refractivity (Wildman–Crippen MR) is 113 cm³/mol. The number of benzene rings is 1. The van der Waals surface area contributed by atoms with Crippen LogP contribution in [-0.4, -0.2) is 37.4 Å². The quantitative estimate of drug-likeness (QED) is 0.450. The maximum Gasteiger partial charge on any atom is 0.437 e. The standard InChI is InChI=1S/C23H21F3N4O4/c1-22(2,32)21-29-19(23(24,25)26)18(34-21)20(31)30-9-5-7-13-16(28-11-27-13)17(30)15-10-12-6-3-4-8-14(12)33-15/h3-4,6,8,10-11,17,32H,5,7,9H2,1-2H3,(H,27,28)/t17-/m0/s1. The van der Waals surface area contributed by atoms with Crippen LogP contribution in [-0.2, 0) is 18.2 Å². The second-order valence-electron chi connectivity index (χ2n) is 8.71. The number of para-hydroxylation sites is 1. The Kier molecular flexibility index (Phi) is 5.05. The first-order valence-corrected chi connectivity index (χ1v) is 10.7. The molecule has 0 unspecified atom stereocenters. The first-order chi connectivity index (χ1) is 16.0. The highest BCUT2D eigenvalue weighted by molar-refractivity contribution is 5.93. The molecule has 0 saturated heterocycles. The third kappa shape index (κ3) is 3.75. The Bertz CT molecular complexity index is 1330. The Morgan fingerprint density at radius 2 is 2.00 bits per heavy atom. The Morgan fingerprint density at radius 1 is 1.24 bits per heavy atom. The van der Waals surface area contributed by atoms with Crippen molar-refractivity contribution >= 4 is 16.9 Å². The van der Waals surface area contributed by atoms with Gasteiger partial charge < -0.3 is 23.8 Å². The van der Waals surface area contributed by atoms with Gasteiger partial charge in [0, 0.05) is 11.9 Å². The molecule has 1 atom stereocenters. The number of fused-ring (bicyclic) bond motifs is 2. The zero-order valence-corrected chi connectivity index (χ0v) is 18.3. The third-order valence-electron chi connectivity index (χ3n) is 5.74. The zero-order valence-electron chi connectivity index (χ0n) is 18.3. The minimum Gasteiger partial charge on any atom is -0.458 e. The number of aryl methyl sites for hydroxylation is 1. The second kappa shape index (κ2) is 7.73. The van der Waals surface area contributed by atoms with E-state index in [1.165, 1.54) is 25.1 Å². The number of aromatic amines is 1. The van der Waals surface area contributed by atoms with Gasteiger partial charge in [-0.2, -0.15) is 13.2 Å². The number of carbonyl (C=O) groups is 1. The summed E-state index contributed by atoms with van der Waals surface area (Å²) >= 11 is 0. The number of aliphatic hydroxyl groups is 1. The normalized spacial score (nSPS) is 17.1. The van der Waals surface area contributed by atoms with E-state index in [1.54, 1.807) is 18.2 Å². The van der Waals surface area contributed by atoms with E-state index in [0.29, 0.717) is 35.6 Å². The van der Waals surface area contributed by atoms with Crippen molar-refractivity contribution in [2.75, 3.05) is 6.54 Å². The van der Waals surface area contributed by atoms with Gasteiger partial charge in [-0.15, -0.1) is 0 Å². The molecule has 1 aromatic carbocycles. The fraction of sp³-hybridized carbons (Fsp3) is 0.348. The molecule has 3 aromatic heterocycles. The van der Waals surface area contributed by atoms with Crippen LogP contribution in [0.4, 0.5) is 13.2 Å². The molecule has 0 radical (unpaired) electrons. The smallest absolute Gasteiger partial charge is 0.437 e. The van der Waals surface area contributed by atoms with Gasteiger partial charge in [-0.1, -0.05) is 18.2 Å². The summed E-state index contributed by atoms with van der Waals surface area (Å²) in [7, 11) is 0. The molecule has 0 fully saturated rings. The fourth-order valence-electron chi connectivity index (χ4n) is 4.17. The number of oxazole rings is 1. The highest BCUT2D eigenvalue weighted by Crippen LogP contribution is 2.39. The molecule has 2 N–H and O–H groups in total. The molecule has 4 aromatic rings. The second-order valence-corrected chi connectivity index (χ2v) is 8.71. The molecule has 11 heteroatoms. The van der Waals surface area contributed by atoms with Crippen molar-refractivity contribution in [1.29, 1.82) is 0 Å². The van der Waals surface area contributed by atoms with Crippen LogP contribution in [0.3, 0.4) is 0 Å². The number of hydrogen-bond donors (Lipinski definition) is 2. The summed E-state index contributed by atoms with van der Waals surface area (Å²) < 4.78 is 52.6. The molecule has 0 spiro atoms. The number of amides is 1. The molecular weight excluding hydrogens is 453 g/mol. The number of halogens is 3. The van der Waals surface area contributed by atoms with Gasteiger partial charge in [-0.3, -0.25) is 4.79 Å². The molecule has 4 heterocycles. The van der Waals surface area contributed by atoms with Crippen LogP contribution < -0.4 is 0 Å². The number of nitrogens with zero attached hydrogens (tertiary/aromatic N) is 3. The van der Waals surface area contributed by atoms with Crippen LogP contribution in [0.2, 0.25) is 0 Å². The number of alkyl halides is 3. The molecular formula is C23H21F3N4O4. The van der Waals surface area contributed by atoms with Gasteiger partial charge in [-0.25, -0.2) is 9.97 Å². The van der Waals surface area contributed by atoms with Crippen molar-refractivity contribution in [3.05, 3.63) is 71.2 Å². The van der Waals surface area contributed by atoms with E-state index in [-0.39, 0.29) is 6.54 Å². The first-order valence-electron chi connectivity index (χ1n) is 10.7. The molecule has 5 rings (SSSR count). The van der Waals surface area contributed by atoms with Gasteiger partial charge in [0.2, 0.25) is 11.7 Å². The molecule has 1 aliphatic rings. The summed E-state index contributed by atoms with van der Waals surface area (Å²) in [5.74, 6) is -2.21. The van der Waals surface area contributed by atoms with E-state index in [1.807, 2.05) is 12.1 Å². The Morgan fingerprint density at radius 3 is 2.71 bits per heavy atom. The van der Waals surface area contributed by atoms with Gasteiger partial charge >= 0.3 is 6.18 Å². The summed E-state index contributed by atoms with van der Waals surface area (Å²) in [5.41, 5.74) is -1.46. The number of nitrogens with one attached hydrogen (secondary N) is 1. The lowest BCUT2D eigenvalue weighted by atomic mass is 10.1. The van der Waals surface area contributed by atoms with E-state index in [9.17, 15) is 23.1 Å². The topological polar surface area (TPSA) is 108 Å². The van der Waals surface area contributed by atoms with Crippen molar-refractivity contribution in [2.24, 2.45) is 0 Å². The molecule has 0 saturated carbocycles. The lowest BCUT2D eigenvalue weighted by Gasteiger charge is -2.28. The summed E-state index contributed by atoms with van der Waals surface area (Å²) in [6, 6.07) is 8.13. The molecule has 0 bridgehead atoms. The van der Waals surface area contributed by atoms with Gasteiger partial charge in [-0.05, 0) is 38.8 Å². The Hall–Kier alpha value is -3.60. The average Bonchev–Trinajstić information content (AvgIpc) is 3.48. The van der Waals surface area contributed by atoms with E-state index in [0.717, 1.165) is 5.39 Å². The summed E-state index contributed by atoms with van der Waals surface area (Å²) in [6.45, 7) is 2.58. The van der Waals surface area contributed by atoms with Crippen LogP contribution in [0.25, 0.3) is 11.0 Å². The molecule has 34 heavy (non-hydrogen) atoms. The van der Waals surface area contributed by atoms with Gasteiger partial charge in [0.1, 0.15) is 23.0 Å². The van der Waals surface area contributed by atoms with Crippen molar-refractivity contribution in [1.82, 2.24) is 19.9 Å². The van der Waals surface area contributed by atoms with Crippen molar-refractivity contribution in [3.8, 4) is 0 Å². The number of hydrogen-bond acceptors (Lipinski definition) is 6. The van der Waals surface area contributed by atoms with E-state index in [4.69, 9.17) is 8.83 Å². The average molecular weight is 474 g/mol. The number of H-pyrrole nitrogens is 1. The monoisotopic (exact) mass is 474 g/mol. The number of rotatable bonds is 3. The van der Waals surface area contributed by atoms with Crippen molar-refractivity contribution < 1.29 is 31.9 Å². The third-order valence-corrected chi connectivity index (χ3v) is 5.74. The highest BCUT2D eigenvalue weighted by Gasteiger charge is 2.46. The van der Waals surface area contributed by atoms with Crippen LogP contribution in [0, 0.1) is 0 Å². The van der Waals surface area contributed by atoms with Crippen molar-refractivity contribution in [3.63, 3.8) is 0 Å². The first kappa shape index (κ1) is 22.2. The van der Waals surface area contributed by atoms with Crippen LogP contribution in [0.1, 0.15) is 65.6 Å². The number of carbonyl (C=O) groups excluding carboxylic acids is 1. The summed E-state index contributed by atoms with van der Waals surface area (Å²) in [6.07, 6.45) is -2.49. The van der Waals surface area contributed by atoms with Gasteiger partial charge in [0.15, 0.2) is 5.69 Å². The van der Waals surface area contributed by atoms with Crippen molar-refractivity contribution in [2.45, 2.75) is 44.5 Å². The summed E-state index contributed by atoms with van der Waals surface area (Å²) in [4.78, 5) is 25.7. The molecule has 1 aliphatic heterocycles. The number of imidazole rings is 1. The number of furan rings is 1. The van der Waals surface area contributed by atoms with Crippen LogP contribution in [0.5, 0.6) is 0 Å². The van der Waals surface area contributed by atoms with Crippen LogP contribution >= 0.6 is 0 Å². The van der Waals surface area contributed by atoms with Gasteiger partial charge in [0.25, 0.3) is 5.91 Å². The molecule has 8 nitrogen and oxygen atoms in total. The minimum absolute atomic E-state index is 0.126. The predicted octanol–water partition coefficient (Wildman–Crippen LogP) is 4.57. The lowest BCUT2D eigenvalue weighted by molar-refractivity contribution is -0.141. The lowest BCUT2D eigenvalue weighted by Crippen LogP contribution is -2.36. The zero-order chi connectivity index (χ0) is 24.3. The SMILES string of the molecule is CC(C)(O)c1nc(C(F)(F)F)c(C(=O)N2CCCc3nc[nH]c3[C@@H]2c2cc3ccccc3o2)o1. The van der Waals surface area contributed by atoms with E-state index >= 15 is 0 Å². The number of aromatic nitrogens is 3. The Balaban J connectivity index is 1.66.